The Hall–Kier alpha value is -2.11. The molecule has 0 aromatic carbocycles. The van der Waals surface area contributed by atoms with Crippen LogP contribution in [0.1, 0.15) is 342 Å². The van der Waals surface area contributed by atoms with E-state index in [-0.39, 0.29) is 31.1 Å². The lowest BCUT2D eigenvalue weighted by molar-refractivity contribution is -0.167. The molecule has 0 fully saturated rings. The molecule has 6 heteroatoms. The van der Waals surface area contributed by atoms with Crippen molar-refractivity contribution in [2.24, 2.45) is 0 Å². The fraction of sp³-hybridized carbons (Fsp3) is 0.889. The molecule has 0 radical (unpaired) electrons. The Kier molecular flexibility index (Phi) is 56.7. The van der Waals surface area contributed by atoms with E-state index in [0.29, 0.717) is 19.3 Å². The highest BCUT2D eigenvalue weighted by Gasteiger charge is 2.19. The minimum absolute atomic E-state index is 0.0684. The molecule has 0 saturated carbocycles. The molecule has 0 unspecified atom stereocenters. The van der Waals surface area contributed by atoms with Crippen LogP contribution in [0.3, 0.4) is 0 Å². The Morgan fingerprint density at radius 3 is 0.739 bits per heavy atom. The van der Waals surface area contributed by atoms with Gasteiger partial charge in [-0.05, 0) is 70.6 Å². The lowest BCUT2D eigenvalue weighted by Crippen LogP contribution is -2.30. The highest BCUT2D eigenvalue weighted by atomic mass is 16.6. The minimum atomic E-state index is -0.771. The molecule has 0 amide bonds. The van der Waals surface area contributed by atoms with Crippen molar-refractivity contribution < 1.29 is 28.6 Å². The van der Waals surface area contributed by atoms with Gasteiger partial charge in [0.1, 0.15) is 13.2 Å². The summed E-state index contributed by atoms with van der Waals surface area (Å²) in [6.45, 7) is 6.68. The molecule has 0 rings (SSSR count). The molecule has 6 nitrogen and oxygen atoms in total. The zero-order chi connectivity index (χ0) is 50.0. The van der Waals surface area contributed by atoms with Gasteiger partial charge >= 0.3 is 17.9 Å². The second-order valence-electron chi connectivity index (χ2n) is 21.0. The number of unbranched alkanes of at least 4 members (excludes halogenated alkanes) is 42. The summed E-state index contributed by atoms with van der Waals surface area (Å²) in [6.07, 6.45) is 68.8. The van der Waals surface area contributed by atoms with E-state index >= 15 is 0 Å². The van der Waals surface area contributed by atoms with Crippen molar-refractivity contribution >= 4 is 17.9 Å². The maximum atomic E-state index is 12.9. The number of esters is 3. The Bertz CT molecular complexity index is 1110. The molecule has 0 aliphatic rings. The monoisotopic (exact) mass is 971 g/mol. The van der Waals surface area contributed by atoms with E-state index in [0.717, 1.165) is 57.8 Å². The number of rotatable bonds is 57. The third-order valence-electron chi connectivity index (χ3n) is 13.9. The third kappa shape index (κ3) is 56.7. The Labute approximate surface area is 430 Å². The Morgan fingerprint density at radius 1 is 0.275 bits per heavy atom. The lowest BCUT2D eigenvalue weighted by Gasteiger charge is -2.18. The molecular weight excluding hydrogens is 853 g/mol. The van der Waals surface area contributed by atoms with Crippen molar-refractivity contribution in [2.75, 3.05) is 13.2 Å². The van der Waals surface area contributed by atoms with Crippen molar-refractivity contribution in [1.29, 1.82) is 0 Å². The highest BCUT2D eigenvalue weighted by molar-refractivity contribution is 5.71. The fourth-order valence-corrected chi connectivity index (χ4v) is 9.26. The van der Waals surface area contributed by atoms with Gasteiger partial charge in [-0.2, -0.15) is 0 Å². The number of allylic oxidation sites excluding steroid dienone is 4. The number of carbonyl (C=O) groups is 3. The Balaban J connectivity index is 4.32. The molecule has 0 aromatic rings. The topological polar surface area (TPSA) is 78.9 Å². The largest absolute Gasteiger partial charge is 0.462 e. The summed E-state index contributed by atoms with van der Waals surface area (Å²) in [5, 5.41) is 0. The summed E-state index contributed by atoms with van der Waals surface area (Å²) >= 11 is 0. The van der Waals surface area contributed by atoms with Crippen LogP contribution in [0.25, 0.3) is 0 Å². The summed E-state index contributed by atoms with van der Waals surface area (Å²) < 4.78 is 16.9. The van der Waals surface area contributed by atoms with Gasteiger partial charge in [0.15, 0.2) is 6.10 Å². The molecule has 0 spiro atoms. The SMILES string of the molecule is CCCCCC/C=C\CCCCCCCCCC(=O)OC[C@H](COC(=O)CCCCCCCCCCCCCCCCCCC)OC(=O)CCCCCCCCCCC/C=C\CCCCCCCC. The highest BCUT2D eigenvalue weighted by Crippen LogP contribution is 2.17. The van der Waals surface area contributed by atoms with Crippen LogP contribution in [0.2, 0.25) is 0 Å². The van der Waals surface area contributed by atoms with E-state index in [4.69, 9.17) is 14.2 Å². The molecule has 0 aromatic heterocycles. The molecular formula is C63H118O6. The first-order valence-corrected chi connectivity index (χ1v) is 30.8. The number of ether oxygens (including phenoxy) is 3. The summed E-state index contributed by atoms with van der Waals surface area (Å²) in [6, 6.07) is 0. The summed E-state index contributed by atoms with van der Waals surface area (Å²) in [4.78, 5) is 38.2. The Morgan fingerprint density at radius 2 is 0.478 bits per heavy atom. The first-order chi connectivity index (χ1) is 34.0. The van der Waals surface area contributed by atoms with Gasteiger partial charge in [0, 0.05) is 19.3 Å². The summed E-state index contributed by atoms with van der Waals surface area (Å²) in [5.74, 6) is -0.851. The van der Waals surface area contributed by atoms with E-state index in [9.17, 15) is 14.4 Å². The van der Waals surface area contributed by atoms with Crippen LogP contribution in [0, 0.1) is 0 Å². The van der Waals surface area contributed by atoms with Crippen LogP contribution in [0.4, 0.5) is 0 Å². The average molecular weight is 972 g/mol. The number of hydrogen-bond acceptors (Lipinski definition) is 6. The molecule has 69 heavy (non-hydrogen) atoms. The van der Waals surface area contributed by atoms with Gasteiger partial charge in [-0.15, -0.1) is 0 Å². The van der Waals surface area contributed by atoms with E-state index in [1.54, 1.807) is 0 Å². The van der Waals surface area contributed by atoms with Crippen molar-refractivity contribution in [3.05, 3.63) is 24.3 Å². The van der Waals surface area contributed by atoms with Gasteiger partial charge in [-0.25, -0.2) is 0 Å². The van der Waals surface area contributed by atoms with Crippen LogP contribution in [-0.2, 0) is 28.6 Å². The molecule has 0 heterocycles. The molecule has 1 atom stereocenters. The van der Waals surface area contributed by atoms with Gasteiger partial charge in [0.05, 0.1) is 0 Å². The molecule has 406 valence electrons. The first kappa shape index (κ1) is 66.9. The first-order valence-electron chi connectivity index (χ1n) is 30.8. The van der Waals surface area contributed by atoms with Gasteiger partial charge < -0.3 is 14.2 Å². The summed E-state index contributed by atoms with van der Waals surface area (Å²) in [7, 11) is 0. The van der Waals surface area contributed by atoms with E-state index in [1.165, 1.54) is 244 Å². The molecule has 0 aliphatic carbocycles. The van der Waals surface area contributed by atoms with E-state index < -0.39 is 6.10 Å². The quantitative estimate of drug-likeness (QED) is 0.0261. The maximum absolute atomic E-state index is 12.9. The number of hydrogen-bond donors (Lipinski definition) is 0. The third-order valence-corrected chi connectivity index (χ3v) is 13.9. The predicted octanol–water partition coefficient (Wildman–Crippen LogP) is 20.7. The van der Waals surface area contributed by atoms with Crippen LogP contribution < -0.4 is 0 Å². The fourth-order valence-electron chi connectivity index (χ4n) is 9.26. The minimum Gasteiger partial charge on any atom is -0.462 e. The second kappa shape index (κ2) is 58.5. The van der Waals surface area contributed by atoms with Crippen LogP contribution in [0.5, 0.6) is 0 Å². The van der Waals surface area contributed by atoms with Crippen molar-refractivity contribution in [1.82, 2.24) is 0 Å². The van der Waals surface area contributed by atoms with Gasteiger partial charge in [0.25, 0.3) is 0 Å². The van der Waals surface area contributed by atoms with Crippen LogP contribution >= 0.6 is 0 Å². The average Bonchev–Trinajstić information content (AvgIpc) is 3.35. The molecule has 0 N–H and O–H groups in total. The standard InChI is InChI=1S/C63H118O6/c1-4-7-10-13-16-19-22-25-28-30-31-33-36-39-42-45-48-51-54-57-63(66)69-60(58-67-61(64)55-52-49-46-43-40-37-34-27-24-21-18-15-12-9-6-3)59-68-62(65)56-53-50-47-44-41-38-35-32-29-26-23-20-17-14-11-8-5-2/h21,24-25,28,60H,4-20,22-23,26-27,29-59H2,1-3H3/b24-21-,28-25-/t60-/m1/s1. The smallest absolute Gasteiger partial charge is 0.306 e. The molecule has 0 aliphatic heterocycles. The second-order valence-corrected chi connectivity index (χ2v) is 21.0. The zero-order valence-corrected chi connectivity index (χ0v) is 46.6. The molecule has 0 saturated heterocycles. The van der Waals surface area contributed by atoms with Crippen LogP contribution in [-0.4, -0.2) is 37.2 Å². The maximum Gasteiger partial charge on any atom is 0.306 e. The van der Waals surface area contributed by atoms with Crippen molar-refractivity contribution in [3.63, 3.8) is 0 Å². The van der Waals surface area contributed by atoms with E-state index in [2.05, 4.69) is 45.1 Å². The normalized spacial score (nSPS) is 12.1. The summed E-state index contributed by atoms with van der Waals surface area (Å²) in [5.41, 5.74) is 0. The van der Waals surface area contributed by atoms with Gasteiger partial charge in [0.2, 0.25) is 0 Å². The molecule has 0 bridgehead atoms. The zero-order valence-electron chi connectivity index (χ0n) is 46.6. The van der Waals surface area contributed by atoms with Crippen molar-refractivity contribution in [3.8, 4) is 0 Å². The van der Waals surface area contributed by atoms with Crippen molar-refractivity contribution in [2.45, 2.75) is 348 Å². The number of carbonyl (C=O) groups excluding carboxylic acids is 3. The van der Waals surface area contributed by atoms with Gasteiger partial charge in [-0.1, -0.05) is 276 Å². The van der Waals surface area contributed by atoms with Crippen LogP contribution in [0.15, 0.2) is 24.3 Å². The van der Waals surface area contributed by atoms with Gasteiger partial charge in [-0.3, -0.25) is 14.4 Å². The van der Waals surface area contributed by atoms with E-state index in [1.807, 2.05) is 0 Å². The predicted molar refractivity (Wildman–Crippen MR) is 298 cm³/mol. The lowest BCUT2D eigenvalue weighted by atomic mass is 10.0.